The van der Waals surface area contributed by atoms with Gasteiger partial charge in [0.05, 0.1) is 20.3 Å². The number of hydrogen-bond acceptors (Lipinski definition) is 4. The number of nitrogens with one attached hydrogen (secondary N) is 3. The molecule has 1 aliphatic heterocycles. The van der Waals surface area contributed by atoms with Crippen LogP contribution >= 0.6 is 0 Å². The summed E-state index contributed by atoms with van der Waals surface area (Å²) in [7, 11) is 3.13. The van der Waals surface area contributed by atoms with E-state index in [2.05, 4.69) is 16.0 Å². The molecule has 1 aromatic rings. The molecule has 2 rings (SSSR count). The topological polar surface area (TPSA) is 88.7 Å². The number of ether oxygens (including phenoxy) is 2. The van der Waals surface area contributed by atoms with Crippen molar-refractivity contribution < 1.29 is 19.1 Å². The Hall–Kier alpha value is -2.44. The second kappa shape index (κ2) is 6.83. The smallest absolute Gasteiger partial charge is 0.315 e. The highest BCUT2D eigenvalue weighted by Crippen LogP contribution is 2.27. The summed E-state index contributed by atoms with van der Waals surface area (Å²) >= 11 is 0. The Balaban J connectivity index is 1.84. The zero-order valence-electron chi connectivity index (χ0n) is 12.1. The van der Waals surface area contributed by atoms with Crippen molar-refractivity contribution in [2.24, 2.45) is 0 Å². The van der Waals surface area contributed by atoms with E-state index in [0.29, 0.717) is 31.0 Å². The molecule has 0 aromatic heterocycles. The molecule has 1 atom stereocenters. The summed E-state index contributed by atoms with van der Waals surface area (Å²) < 4.78 is 10.4. The summed E-state index contributed by atoms with van der Waals surface area (Å²) in [5, 5.41) is 8.15. The molecule has 0 spiro atoms. The molecule has 0 aliphatic carbocycles. The van der Waals surface area contributed by atoms with E-state index < -0.39 is 0 Å². The molecule has 1 aromatic carbocycles. The van der Waals surface area contributed by atoms with Gasteiger partial charge >= 0.3 is 6.03 Å². The SMILES string of the molecule is COc1ccc(CNC(=O)N[C@@H]2CNC(=O)C2)cc1OC. The minimum atomic E-state index is -0.300. The van der Waals surface area contributed by atoms with E-state index in [4.69, 9.17) is 9.47 Å². The fourth-order valence-electron chi connectivity index (χ4n) is 2.12. The Morgan fingerprint density at radius 3 is 2.71 bits per heavy atom. The normalized spacial score (nSPS) is 17.0. The van der Waals surface area contributed by atoms with E-state index in [1.165, 1.54) is 0 Å². The van der Waals surface area contributed by atoms with Gasteiger partial charge in [-0.15, -0.1) is 0 Å². The van der Waals surface area contributed by atoms with Crippen LogP contribution in [0.25, 0.3) is 0 Å². The summed E-state index contributed by atoms with van der Waals surface area (Å²) in [4.78, 5) is 22.8. The molecular formula is C14H19N3O4. The molecule has 7 heteroatoms. The van der Waals surface area contributed by atoms with Gasteiger partial charge in [-0.1, -0.05) is 6.07 Å². The fourth-order valence-corrected chi connectivity index (χ4v) is 2.12. The molecule has 0 saturated carbocycles. The molecule has 7 nitrogen and oxygen atoms in total. The van der Waals surface area contributed by atoms with Gasteiger partial charge in [0.25, 0.3) is 0 Å². The highest BCUT2D eigenvalue weighted by Gasteiger charge is 2.22. The highest BCUT2D eigenvalue weighted by atomic mass is 16.5. The predicted molar refractivity (Wildman–Crippen MR) is 76.3 cm³/mol. The van der Waals surface area contributed by atoms with Crippen molar-refractivity contribution in [2.45, 2.75) is 19.0 Å². The van der Waals surface area contributed by atoms with Crippen molar-refractivity contribution in [2.75, 3.05) is 20.8 Å². The van der Waals surface area contributed by atoms with E-state index in [9.17, 15) is 9.59 Å². The first-order chi connectivity index (χ1) is 10.1. The van der Waals surface area contributed by atoms with Gasteiger partial charge in [0.15, 0.2) is 11.5 Å². The number of rotatable bonds is 5. The minimum absolute atomic E-state index is 0.0415. The molecule has 1 saturated heterocycles. The molecule has 3 amide bonds. The molecular weight excluding hydrogens is 274 g/mol. The van der Waals surface area contributed by atoms with Crippen molar-refractivity contribution >= 4 is 11.9 Å². The molecule has 1 heterocycles. The van der Waals surface area contributed by atoms with Crippen LogP contribution in [0.2, 0.25) is 0 Å². The quantitative estimate of drug-likeness (QED) is 0.733. The number of urea groups is 1. The predicted octanol–water partition coefficient (Wildman–Crippen LogP) is 0.392. The summed E-state index contributed by atoms with van der Waals surface area (Å²) in [6, 6.07) is 4.99. The Morgan fingerprint density at radius 1 is 1.33 bits per heavy atom. The molecule has 0 unspecified atom stereocenters. The molecule has 114 valence electrons. The Morgan fingerprint density at radius 2 is 2.10 bits per heavy atom. The van der Waals surface area contributed by atoms with Crippen LogP contribution < -0.4 is 25.4 Å². The Bertz CT molecular complexity index is 533. The van der Waals surface area contributed by atoms with Gasteiger partial charge < -0.3 is 25.4 Å². The van der Waals surface area contributed by atoms with E-state index in [1.807, 2.05) is 6.07 Å². The first-order valence-corrected chi connectivity index (χ1v) is 6.64. The first kappa shape index (κ1) is 15.0. The van der Waals surface area contributed by atoms with Crippen LogP contribution in [-0.4, -0.2) is 38.7 Å². The number of methoxy groups -OCH3 is 2. The standard InChI is InChI=1S/C14H19N3O4/c1-20-11-4-3-9(5-12(11)21-2)7-16-14(19)17-10-6-13(18)15-8-10/h3-5,10H,6-8H2,1-2H3,(H,15,18)(H2,16,17,19)/t10-/m0/s1. The van der Waals surface area contributed by atoms with Crippen LogP contribution in [0.1, 0.15) is 12.0 Å². The van der Waals surface area contributed by atoms with Crippen LogP contribution in [0.4, 0.5) is 4.79 Å². The average Bonchev–Trinajstić information content (AvgIpc) is 2.89. The summed E-state index contributed by atoms with van der Waals surface area (Å²) in [5.74, 6) is 1.21. The van der Waals surface area contributed by atoms with Crippen molar-refractivity contribution in [3.05, 3.63) is 23.8 Å². The van der Waals surface area contributed by atoms with Gasteiger partial charge in [0.2, 0.25) is 5.91 Å². The lowest BCUT2D eigenvalue weighted by atomic mass is 10.2. The van der Waals surface area contributed by atoms with Gasteiger partial charge in [0, 0.05) is 19.5 Å². The van der Waals surface area contributed by atoms with Gasteiger partial charge in [-0.3, -0.25) is 4.79 Å². The number of amides is 3. The monoisotopic (exact) mass is 293 g/mol. The van der Waals surface area contributed by atoms with Gasteiger partial charge in [-0.05, 0) is 17.7 Å². The number of carbonyl (C=O) groups excluding carboxylic acids is 2. The van der Waals surface area contributed by atoms with E-state index in [-0.39, 0.29) is 18.0 Å². The number of carbonyl (C=O) groups is 2. The highest BCUT2D eigenvalue weighted by molar-refractivity contribution is 5.81. The molecule has 21 heavy (non-hydrogen) atoms. The maximum absolute atomic E-state index is 11.7. The lowest BCUT2D eigenvalue weighted by Crippen LogP contribution is -2.42. The van der Waals surface area contributed by atoms with E-state index >= 15 is 0 Å². The third kappa shape index (κ3) is 4.01. The summed E-state index contributed by atoms with van der Waals surface area (Å²) in [6.07, 6.45) is 0.323. The Kier molecular flexibility index (Phi) is 4.86. The second-order valence-corrected chi connectivity index (χ2v) is 4.72. The maximum Gasteiger partial charge on any atom is 0.315 e. The number of benzene rings is 1. The third-order valence-corrected chi connectivity index (χ3v) is 3.21. The van der Waals surface area contributed by atoms with Gasteiger partial charge in [-0.2, -0.15) is 0 Å². The zero-order valence-corrected chi connectivity index (χ0v) is 12.1. The van der Waals surface area contributed by atoms with Crippen molar-refractivity contribution in [1.29, 1.82) is 0 Å². The fraction of sp³-hybridized carbons (Fsp3) is 0.429. The van der Waals surface area contributed by atoms with Crippen LogP contribution in [0.5, 0.6) is 11.5 Å². The van der Waals surface area contributed by atoms with Crippen LogP contribution in [0.15, 0.2) is 18.2 Å². The lowest BCUT2D eigenvalue weighted by molar-refractivity contribution is -0.119. The zero-order chi connectivity index (χ0) is 15.2. The molecule has 0 radical (unpaired) electrons. The minimum Gasteiger partial charge on any atom is -0.493 e. The van der Waals surface area contributed by atoms with E-state index in [0.717, 1.165) is 5.56 Å². The molecule has 1 aliphatic rings. The van der Waals surface area contributed by atoms with Crippen molar-refractivity contribution in [1.82, 2.24) is 16.0 Å². The molecule has 0 bridgehead atoms. The lowest BCUT2D eigenvalue weighted by Gasteiger charge is -2.13. The molecule has 1 fully saturated rings. The maximum atomic E-state index is 11.7. The van der Waals surface area contributed by atoms with Crippen LogP contribution in [0, 0.1) is 0 Å². The largest absolute Gasteiger partial charge is 0.493 e. The summed E-state index contributed by atoms with van der Waals surface area (Å²) in [5.41, 5.74) is 0.892. The van der Waals surface area contributed by atoms with E-state index in [1.54, 1.807) is 26.4 Å². The van der Waals surface area contributed by atoms with Crippen molar-refractivity contribution in [3.63, 3.8) is 0 Å². The number of hydrogen-bond donors (Lipinski definition) is 3. The Labute approximate surface area is 123 Å². The van der Waals surface area contributed by atoms with Crippen LogP contribution in [0.3, 0.4) is 0 Å². The average molecular weight is 293 g/mol. The van der Waals surface area contributed by atoms with Gasteiger partial charge in [-0.25, -0.2) is 4.79 Å². The van der Waals surface area contributed by atoms with Gasteiger partial charge in [0.1, 0.15) is 0 Å². The van der Waals surface area contributed by atoms with Crippen molar-refractivity contribution in [3.8, 4) is 11.5 Å². The summed E-state index contributed by atoms with van der Waals surface area (Å²) in [6.45, 7) is 0.836. The first-order valence-electron chi connectivity index (χ1n) is 6.64. The van der Waals surface area contributed by atoms with Crippen LogP contribution in [-0.2, 0) is 11.3 Å². The second-order valence-electron chi connectivity index (χ2n) is 4.72. The molecule has 3 N–H and O–H groups in total. The third-order valence-electron chi connectivity index (χ3n) is 3.21.